The molecule has 9 rings (SSSR count). The van der Waals surface area contributed by atoms with E-state index in [9.17, 15) is 0 Å². The highest BCUT2D eigenvalue weighted by molar-refractivity contribution is 6.12. The standard InChI is InChI=1S/C42H27N5/c1-4-14-28(15-5-1)35-27-36(29-16-6-2-7-17-29)45-42(44-35)31-20-12-21-32(26-31)47-37-24-11-10-22-33(37)40-39-34(23-13-25-38(39)47)43-41(46-40)30-18-8-3-9-19-30/h1-27H. The average molecular weight is 602 g/mol. The van der Waals surface area contributed by atoms with Gasteiger partial charge in [-0.3, -0.25) is 0 Å². The number of fused-ring (bicyclic) bond motifs is 2. The van der Waals surface area contributed by atoms with Crippen molar-refractivity contribution in [3.8, 4) is 56.5 Å². The summed E-state index contributed by atoms with van der Waals surface area (Å²) in [6.07, 6.45) is 0. The van der Waals surface area contributed by atoms with Gasteiger partial charge in [-0.15, -0.1) is 0 Å². The van der Waals surface area contributed by atoms with Gasteiger partial charge in [-0.2, -0.15) is 0 Å². The Kier molecular flexibility index (Phi) is 6.39. The molecule has 5 heteroatoms. The molecule has 8 aromatic rings. The van der Waals surface area contributed by atoms with Crippen LogP contribution in [0.3, 0.4) is 0 Å². The molecular weight excluding hydrogens is 574 g/mol. The molecule has 0 amide bonds. The van der Waals surface area contributed by atoms with E-state index in [0.717, 1.165) is 78.7 Å². The Hall–Kier alpha value is -6.46. The summed E-state index contributed by atoms with van der Waals surface area (Å²) in [4.78, 5) is 22.7. The van der Waals surface area contributed by atoms with Crippen LogP contribution in [0, 0.1) is 0 Å². The van der Waals surface area contributed by atoms with Gasteiger partial charge in [0.15, 0.2) is 11.6 Å². The Balaban J connectivity index is 1.22. The number of benzene rings is 6. The molecule has 1 aliphatic rings. The molecule has 0 spiro atoms. The van der Waals surface area contributed by atoms with Gasteiger partial charge in [-0.1, -0.05) is 127 Å². The highest BCUT2D eigenvalue weighted by Gasteiger charge is 2.28. The van der Waals surface area contributed by atoms with Crippen molar-refractivity contribution < 1.29 is 0 Å². The van der Waals surface area contributed by atoms with E-state index in [2.05, 4.69) is 114 Å². The van der Waals surface area contributed by atoms with Crippen molar-refractivity contribution in [2.24, 2.45) is 0 Å². The summed E-state index contributed by atoms with van der Waals surface area (Å²) >= 11 is 0. The molecule has 0 saturated carbocycles. The lowest BCUT2D eigenvalue weighted by Gasteiger charge is -2.33. The Bertz CT molecular complexity index is 2350. The minimum Gasteiger partial charge on any atom is -0.309 e. The van der Waals surface area contributed by atoms with E-state index in [0.29, 0.717) is 5.82 Å². The van der Waals surface area contributed by atoms with Crippen molar-refractivity contribution in [1.29, 1.82) is 0 Å². The van der Waals surface area contributed by atoms with E-state index in [1.807, 2.05) is 54.6 Å². The quantitative estimate of drug-likeness (QED) is 0.196. The van der Waals surface area contributed by atoms with Crippen molar-refractivity contribution in [1.82, 2.24) is 19.9 Å². The zero-order valence-electron chi connectivity index (χ0n) is 25.3. The van der Waals surface area contributed by atoms with Crippen LogP contribution in [0.15, 0.2) is 164 Å². The molecule has 220 valence electrons. The monoisotopic (exact) mass is 601 g/mol. The summed E-state index contributed by atoms with van der Waals surface area (Å²) in [7, 11) is 0. The van der Waals surface area contributed by atoms with Gasteiger partial charge in [0.05, 0.1) is 39.4 Å². The van der Waals surface area contributed by atoms with Crippen LogP contribution in [-0.4, -0.2) is 19.9 Å². The van der Waals surface area contributed by atoms with Gasteiger partial charge in [-0.05, 0) is 36.4 Å². The Morgan fingerprint density at radius 1 is 0.383 bits per heavy atom. The molecule has 2 aromatic heterocycles. The van der Waals surface area contributed by atoms with Gasteiger partial charge in [0.2, 0.25) is 0 Å². The van der Waals surface area contributed by atoms with Crippen LogP contribution in [-0.2, 0) is 0 Å². The third-order valence-corrected chi connectivity index (χ3v) is 8.60. The molecule has 47 heavy (non-hydrogen) atoms. The fourth-order valence-electron chi connectivity index (χ4n) is 6.41. The molecule has 6 aromatic carbocycles. The lowest BCUT2D eigenvalue weighted by molar-refractivity contribution is 1.18. The highest BCUT2D eigenvalue weighted by atomic mass is 15.2. The number of hydrogen-bond acceptors (Lipinski definition) is 5. The SMILES string of the molecule is c1ccc(-c2cc(-c3ccccc3)nc(-c3cccc(N4c5ccccc5-c5nc(-c6ccccc6)nc6cccc4c56)c3)n2)cc1. The second-order valence-corrected chi connectivity index (χ2v) is 11.5. The second-order valence-electron chi connectivity index (χ2n) is 11.5. The van der Waals surface area contributed by atoms with Gasteiger partial charge in [0, 0.05) is 33.5 Å². The molecule has 0 atom stereocenters. The van der Waals surface area contributed by atoms with Crippen LogP contribution in [0.2, 0.25) is 0 Å². The zero-order valence-corrected chi connectivity index (χ0v) is 25.3. The molecule has 0 saturated heterocycles. The predicted molar refractivity (Wildman–Crippen MR) is 191 cm³/mol. The molecular formula is C42H27N5. The first-order valence-electron chi connectivity index (χ1n) is 15.7. The van der Waals surface area contributed by atoms with Gasteiger partial charge < -0.3 is 4.90 Å². The zero-order chi connectivity index (χ0) is 31.2. The highest BCUT2D eigenvalue weighted by Crippen LogP contribution is 2.50. The Labute approximate surface area is 272 Å². The first-order chi connectivity index (χ1) is 23.3. The fourth-order valence-corrected chi connectivity index (χ4v) is 6.41. The van der Waals surface area contributed by atoms with Crippen LogP contribution >= 0.6 is 0 Å². The lowest BCUT2D eigenvalue weighted by Crippen LogP contribution is -2.16. The summed E-state index contributed by atoms with van der Waals surface area (Å²) in [5.41, 5.74) is 11.8. The summed E-state index contributed by atoms with van der Waals surface area (Å²) in [5, 5.41) is 1.03. The third kappa shape index (κ3) is 4.73. The largest absolute Gasteiger partial charge is 0.309 e. The van der Waals surface area contributed by atoms with Crippen LogP contribution in [0.25, 0.3) is 67.5 Å². The fraction of sp³-hybridized carbons (Fsp3) is 0. The Morgan fingerprint density at radius 2 is 0.936 bits per heavy atom. The van der Waals surface area contributed by atoms with E-state index in [1.54, 1.807) is 0 Å². The lowest BCUT2D eigenvalue weighted by atomic mass is 9.96. The van der Waals surface area contributed by atoms with Crippen LogP contribution in [0.4, 0.5) is 17.1 Å². The van der Waals surface area contributed by atoms with Crippen LogP contribution in [0.5, 0.6) is 0 Å². The molecule has 5 nitrogen and oxygen atoms in total. The van der Waals surface area contributed by atoms with E-state index in [1.165, 1.54) is 0 Å². The van der Waals surface area contributed by atoms with Gasteiger partial charge in [0.1, 0.15) is 0 Å². The molecule has 0 radical (unpaired) electrons. The first kappa shape index (κ1) is 26.9. The number of aromatic nitrogens is 4. The molecule has 0 bridgehead atoms. The number of anilines is 3. The van der Waals surface area contributed by atoms with E-state index in [-0.39, 0.29) is 0 Å². The topological polar surface area (TPSA) is 54.8 Å². The van der Waals surface area contributed by atoms with E-state index in [4.69, 9.17) is 19.9 Å². The number of para-hydroxylation sites is 1. The summed E-state index contributed by atoms with van der Waals surface area (Å²) in [6, 6.07) is 56.1. The number of hydrogen-bond donors (Lipinski definition) is 0. The van der Waals surface area contributed by atoms with Gasteiger partial charge in [0.25, 0.3) is 0 Å². The van der Waals surface area contributed by atoms with Crippen LogP contribution in [0.1, 0.15) is 0 Å². The van der Waals surface area contributed by atoms with E-state index >= 15 is 0 Å². The Morgan fingerprint density at radius 3 is 1.64 bits per heavy atom. The smallest absolute Gasteiger partial charge is 0.160 e. The second kappa shape index (κ2) is 11.2. The normalized spacial score (nSPS) is 11.8. The van der Waals surface area contributed by atoms with Crippen molar-refractivity contribution >= 4 is 28.0 Å². The van der Waals surface area contributed by atoms with Gasteiger partial charge >= 0.3 is 0 Å². The average Bonchev–Trinajstić information content (AvgIpc) is 3.16. The number of nitrogens with zero attached hydrogens (tertiary/aromatic N) is 5. The molecule has 0 unspecified atom stereocenters. The summed E-state index contributed by atoms with van der Waals surface area (Å²) in [6.45, 7) is 0. The maximum Gasteiger partial charge on any atom is 0.160 e. The number of rotatable bonds is 5. The third-order valence-electron chi connectivity index (χ3n) is 8.60. The van der Waals surface area contributed by atoms with Crippen molar-refractivity contribution in [2.45, 2.75) is 0 Å². The molecule has 0 aliphatic carbocycles. The van der Waals surface area contributed by atoms with Crippen LogP contribution < -0.4 is 4.90 Å². The van der Waals surface area contributed by atoms with Crippen molar-refractivity contribution in [3.05, 3.63) is 164 Å². The molecule has 0 fully saturated rings. The minimum atomic E-state index is 0.673. The predicted octanol–water partition coefficient (Wildman–Crippen LogP) is 10.5. The summed E-state index contributed by atoms with van der Waals surface area (Å²) in [5.74, 6) is 1.40. The van der Waals surface area contributed by atoms with Crippen molar-refractivity contribution in [3.63, 3.8) is 0 Å². The maximum absolute atomic E-state index is 5.16. The summed E-state index contributed by atoms with van der Waals surface area (Å²) < 4.78 is 0. The van der Waals surface area contributed by atoms with Crippen molar-refractivity contribution in [2.75, 3.05) is 4.90 Å². The molecule has 0 N–H and O–H groups in total. The molecule has 3 heterocycles. The first-order valence-corrected chi connectivity index (χ1v) is 15.7. The van der Waals surface area contributed by atoms with E-state index < -0.39 is 0 Å². The van der Waals surface area contributed by atoms with Gasteiger partial charge in [-0.25, -0.2) is 19.9 Å². The maximum atomic E-state index is 5.16. The minimum absolute atomic E-state index is 0.673. The molecule has 1 aliphatic heterocycles.